The van der Waals surface area contributed by atoms with Crippen LogP contribution in [0.15, 0.2) is 30.5 Å². The van der Waals surface area contributed by atoms with Crippen molar-refractivity contribution in [3.05, 3.63) is 53.1 Å². The van der Waals surface area contributed by atoms with Gasteiger partial charge in [0.25, 0.3) is 5.91 Å². The molecule has 3 aromatic heterocycles. The number of rotatable bonds is 1. The zero-order valence-electron chi connectivity index (χ0n) is 13.2. The molecule has 6 nitrogen and oxygen atoms in total. The average Bonchev–Trinajstić information content (AvgIpc) is 2.91. The number of pyridine rings is 2. The van der Waals surface area contributed by atoms with Gasteiger partial charge in [-0.2, -0.15) is 5.10 Å². The minimum Gasteiger partial charge on any atom is -0.332 e. The van der Waals surface area contributed by atoms with Crippen molar-refractivity contribution >= 4 is 16.9 Å². The quantitative estimate of drug-likeness (QED) is 0.688. The predicted molar refractivity (Wildman–Crippen MR) is 85.9 cm³/mol. The van der Waals surface area contributed by atoms with E-state index in [2.05, 4.69) is 21.1 Å². The predicted octanol–water partition coefficient (Wildman–Crippen LogP) is 1.87. The van der Waals surface area contributed by atoms with Crippen molar-refractivity contribution in [2.24, 2.45) is 7.05 Å². The van der Waals surface area contributed by atoms with E-state index in [0.717, 1.165) is 34.4 Å². The number of aromatic nitrogens is 4. The van der Waals surface area contributed by atoms with Gasteiger partial charge in [0.1, 0.15) is 0 Å². The fourth-order valence-corrected chi connectivity index (χ4v) is 2.97. The summed E-state index contributed by atoms with van der Waals surface area (Å²) in [6.07, 6.45) is 2.50. The summed E-state index contributed by atoms with van der Waals surface area (Å²) < 4.78 is 1.73. The highest BCUT2D eigenvalue weighted by Crippen LogP contribution is 2.22. The van der Waals surface area contributed by atoms with E-state index in [4.69, 9.17) is 0 Å². The lowest BCUT2D eigenvalue weighted by atomic mass is 10.0. The first-order chi connectivity index (χ1) is 11.1. The molecule has 0 saturated heterocycles. The Bertz CT molecular complexity index is 895. The van der Waals surface area contributed by atoms with Crippen LogP contribution >= 0.6 is 0 Å². The maximum atomic E-state index is 12.7. The van der Waals surface area contributed by atoms with E-state index >= 15 is 0 Å². The number of amides is 1. The van der Waals surface area contributed by atoms with Gasteiger partial charge in [-0.15, -0.1) is 0 Å². The van der Waals surface area contributed by atoms with Crippen molar-refractivity contribution in [2.75, 3.05) is 6.54 Å². The summed E-state index contributed by atoms with van der Waals surface area (Å²) in [4.78, 5) is 23.4. The Hall–Kier alpha value is -2.76. The lowest BCUT2D eigenvalue weighted by Crippen LogP contribution is -2.36. The second kappa shape index (κ2) is 5.15. The highest BCUT2D eigenvalue weighted by molar-refractivity contribution is 5.92. The zero-order chi connectivity index (χ0) is 16.0. The zero-order valence-corrected chi connectivity index (χ0v) is 13.2. The molecule has 23 heavy (non-hydrogen) atoms. The third-order valence-corrected chi connectivity index (χ3v) is 4.36. The molecule has 1 aliphatic rings. The van der Waals surface area contributed by atoms with Crippen molar-refractivity contribution in [1.82, 2.24) is 24.6 Å². The van der Waals surface area contributed by atoms with E-state index in [0.29, 0.717) is 18.8 Å². The van der Waals surface area contributed by atoms with Gasteiger partial charge in [-0.3, -0.25) is 9.48 Å². The van der Waals surface area contributed by atoms with Crippen LogP contribution in [0.3, 0.4) is 0 Å². The molecule has 0 atom stereocenters. The summed E-state index contributed by atoms with van der Waals surface area (Å²) in [5.41, 5.74) is 4.38. The van der Waals surface area contributed by atoms with Crippen molar-refractivity contribution in [1.29, 1.82) is 0 Å². The van der Waals surface area contributed by atoms with Gasteiger partial charge in [0, 0.05) is 49.5 Å². The monoisotopic (exact) mass is 307 g/mol. The Morgan fingerprint density at radius 2 is 2.17 bits per heavy atom. The van der Waals surface area contributed by atoms with Crippen LogP contribution in [0, 0.1) is 6.92 Å². The molecule has 4 heterocycles. The van der Waals surface area contributed by atoms with Crippen molar-refractivity contribution in [3.8, 4) is 0 Å². The maximum Gasteiger partial charge on any atom is 0.274 e. The Kier molecular flexibility index (Phi) is 3.11. The van der Waals surface area contributed by atoms with E-state index in [-0.39, 0.29) is 5.91 Å². The molecular formula is C17H17N5O. The molecule has 0 aromatic carbocycles. The fraction of sp³-hybridized carbons (Fsp3) is 0.294. The number of fused-ring (bicyclic) bond motifs is 2. The highest BCUT2D eigenvalue weighted by Gasteiger charge is 2.25. The van der Waals surface area contributed by atoms with Gasteiger partial charge in [0.2, 0.25) is 0 Å². The topological polar surface area (TPSA) is 63.9 Å². The molecule has 0 radical (unpaired) electrons. The van der Waals surface area contributed by atoms with Gasteiger partial charge in [-0.05, 0) is 36.8 Å². The second-order valence-electron chi connectivity index (χ2n) is 5.92. The first kappa shape index (κ1) is 13.9. The summed E-state index contributed by atoms with van der Waals surface area (Å²) in [5, 5.41) is 5.30. The molecule has 0 fully saturated rings. The van der Waals surface area contributed by atoms with Gasteiger partial charge in [0.15, 0.2) is 11.3 Å². The Balaban J connectivity index is 1.65. The molecular weight excluding hydrogens is 290 g/mol. The minimum absolute atomic E-state index is 0.0226. The molecule has 116 valence electrons. The number of carbonyl (C=O) groups is 1. The number of carbonyl (C=O) groups excluding carboxylic acids is 1. The van der Waals surface area contributed by atoms with Crippen molar-refractivity contribution in [3.63, 3.8) is 0 Å². The normalized spacial score (nSPS) is 14.1. The largest absolute Gasteiger partial charge is 0.332 e. The number of hydrogen-bond donors (Lipinski definition) is 0. The number of hydrogen-bond acceptors (Lipinski definition) is 4. The molecule has 0 saturated carbocycles. The second-order valence-corrected chi connectivity index (χ2v) is 5.92. The Morgan fingerprint density at radius 3 is 2.96 bits per heavy atom. The molecule has 0 spiro atoms. The fourth-order valence-electron chi connectivity index (χ4n) is 2.97. The molecule has 0 bridgehead atoms. The molecule has 3 aromatic rings. The van der Waals surface area contributed by atoms with Crippen LogP contribution in [-0.4, -0.2) is 37.1 Å². The SMILES string of the molecule is Cc1cc(C(=O)N2CCc3nc4ncccc4cc3C2)nn1C. The highest BCUT2D eigenvalue weighted by atomic mass is 16.2. The molecule has 0 unspecified atom stereocenters. The van der Waals surface area contributed by atoms with Crippen LogP contribution < -0.4 is 0 Å². The number of nitrogens with zero attached hydrogens (tertiary/aromatic N) is 5. The van der Waals surface area contributed by atoms with Crippen LogP contribution in [0.5, 0.6) is 0 Å². The first-order valence-electron chi connectivity index (χ1n) is 7.65. The smallest absolute Gasteiger partial charge is 0.274 e. The Labute approximate surface area is 133 Å². The van der Waals surface area contributed by atoms with Gasteiger partial charge < -0.3 is 4.90 Å². The van der Waals surface area contributed by atoms with E-state index in [1.807, 2.05) is 37.1 Å². The summed E-state index contributed by atoms with van der Waals surface area (Å²) >= 11 is 0. The molecule has 1 amide bonds. The lowest BCUT2D eigenvalue weighted by molar-refractivity contribution is 0.0727. The van der Waals surface area contributed by atoms with E-state index < -0.39 is 0 Å². The molecule has 1 aliphatic heterocycles. The van der Waals surface area contributed by atoms with Crippen LogP contribution in [-0.2, 0) is 20.0 Å². The molecule has 0 N–H and O–H groups in total. The summed E-state index contributed by atoms with van der Waals surface area (Å²) in [6, 6.07) is 7.82. The van der Waals surface area contributed by atoms with Crippen molar-refractivity contribution < 1.29 is 4.79 Å². The Morgan fingerprint density at radius 1 is 1.30 bits per heavy atom. The van der Waals surface area contributed by atoms with Gasteiger partial charge in [-0.1, -0.05) is 0 Å². The molecule has 6 heteroatoms. The molecule has 4 rings (SSSR count). The van der Waals surface area contributed by atoms with E-state index in [1.165, 1.54) is 0 Å². The van der Waals surface area contributed by atoms with Crippen LogP contribution in [0.2, 0.25) is 0 Å². The summed E-state index contributed by atoms with van der Waals surface area (Å²) in [7, 11) is 1.85. The van der Waals surface area contributed by atoms with E-state index in [9.17, 15) is 4.79 Å². The standard InChI is InChI=1S/C17H17N5O/c1-11-8-15(20-21(11)2)17(23)22-7-5-14-13(10-22)9-12-4-3-6-18-16(12)19-14/h3-4,6,8-9H,5,7,10H2,1-2H3. The lowest BCUT2D eigenvalue weighted by Gasteiger charge is -2.27. The number of aryl methyl sites for hydroxylation is 2. The summed E-state index contributed by atoms with van der Waals surface area (Å²) in [6.45, 7) is 3.17. The maximum absolute atomic E-state index is 12.7. The van der Waals surface area contributed by atoms with Gasteiger partial charge in [0.05, 0.1) is 0 Å². The minimum atomic E-state index is -0.0226. The van der Waals surface area contributed by atoms with Crippen LogP contribution in [0.1, 0.15) is 27.4 Å². The van der Waals surface area contributed by atoms with Crippen molar-refractivity contribution in [2.45, 2.75) is 19.9 Å². The first-order valence-corrected chi connectivity index (χ1v) is 7.65. The van der Waals surface area contributed by atoms with Gasteiger partial charge in [-0.25, -0.2) is 9.97 Å². The van der Waals surface area contributed by atoms with Crippen LogP contribution in [0.25, 0.3) is 11.0 Å². The van der Waals surface area contributed by atoms with E-state index in [1.54, 1.807) is 10.9 Å². The summed E-state index contributed by atoms with van der Waals surface area (Å²) in [5.74, 6) is -0.0226. The third-order valence-electron chi connectivity index (χ3n) is 4.36. The third kappa shape index (κ3) is 2.36. The van der Waals surface area contributed by atoms with Gasteiger partial charge >= 0.3 is 0 Å². The molecule has 0 aliphatic carbocycles. The van der Waals surface area contributed by atoms with Crippen LogP contribution in [0.4, 0.5) is 0 Å². The average molecular weight is 307 g/mol.